The minimum atomic E-state index is -0.511. The van der Waals surface area contributed by atoms with Gasteiger partial charge in [-0.05, 0) is 36.4 Å². The van der Waals surface area contributed by atoms with E-state index in [4.69, 9.17) is 15.0 Å². The Morgan fingerprint density at radius 3 is 2.67 bits per heavy atom. The largest absolute Gasteiger partial charge is 0.486 e. The van der Waals surface area contributed by atoms with E-state index in [0.29, 0.717) is 11.5 Å². The fraction of sp³-hybridized carbons (Fsp3) is 0.0833. The van der Waals surface area contributed by atoms with Gasteiger partial charge in [0.15, 0.2) is 5.76 Å². The van der Waals surface area contributed by atoms with Gasteiger partial charge in [0.2, 0.25) is 0 Å². The lowest BCUT2D eigenvalue weighted by molar-refractivity contribution is 0.0922. The number of furan rings is 1. The van der Waals surface area contributed by atoms with E-state index in [1.54, 1.807) is 6.07 Å². The van der Waals surface area contributed by atoms with Crippen molar-refractivity contribution >= 4 is 5.91 Å². The summed E-state index contributed by atoms with van der Waals surface area (Å²) in [5, 5.41) is 0. The lowest BCUT2D eigenvalue weighted by Crippen LogP contribution is -2.29. The zero-order valence-corrected chi connectivity index (χ0v) is 9.35. The van der Waals surface area contributed by atoms with Gasteiger partial charge in [-0.25, -0.2) is 10.2 Å². The van der Waals surface area contributed by atoms with Crippen LogP contribution in [0, 0.1) is 5.82 Å². The van der Waals surface area contributed by atoms with Crippen LogP contribution in [0.2, 0.25) is 0 Å². The van der Waals surface area contributed by atoms with Gasteiger partial charge in [-0.2, -0.15) is 0 Å². The normalized spacial score (nSPS) is 10.1. The Bertz CT molecular complexity index is 537. The van der Waals surface area contributed by atoms with Gasteiger partial charge in [0.1, 0.15) is 23.9 Å². The predicted molar refractivity (Wildman–Crippen MR) is 61.1 cm³/mol. The van der Waals surface area contributed by atoms with Gasteiger partial charge in [-0.3, -0.25) is 10.2 Å². The van der Waals surface area contributed by atoms with E-state index in [0.717, 1.165) is 0 Å². The second kappa shape index (κ2) is 5.33. The molecule has 0 spiro atoms. The number of carbonyl (C=O) groups excluding carboxylic acids is 1. The number of halogens is 1. The maximum atomic E-state index is 12.7. The zero-order valence-electron chi connectivity index (χ0n) is 9.35. The highest BCUT2D eigenvalue weighted by molar-refractivity contribution is 5.90. The van der Waals surface area contributed by atoms with Crippen LogP contribution in [0.1, 0.15) is 16.3 Å². The molecule has 0 bridgehead atoms. The SMILES string of the molecule is NNC(=O)c1ccc(COc2ccc(F)cc2)o1. The highest BCUT2D eigenvalue weighted by Gasteiger charge is 2.09. The number of hydrogen-bond donors (Lipinski definition) is 2. The van der Waals surface area contributed by atoms with Crippen molar-refractivity contribution in [2.45, 2.75) is 6.61 Å². The number of nitrogens with one attached hydrogen (secondary N) is 1. The number of nitrogens with two attached hydrogens (primary N) is 1. The monoisotopic (exact) mass is 250 g/mol. The van der Waals surface area contributed by atoms with E-state index < -0.39 is 5.91 Å². The van der Waals surface area contributed by atoms with E-state index in [1.807, 2.05) is 5.43 Å². The van der Waals surface area contributed by atoms with Crippen molar-refractivity contribution in [1.82, 2.24) is 5.43 Å². The second-order valence-corrected chi connectivity index (χ2v) is 3.48. The van der Waals surface area contributed by atoms with E-state index >= 15 is 0 Å². The molecule has 1 aromatic carbocycles. The molecule has 0 aliphatic heterocycles. The fourth-order valence-electron chi connectivity index (χ4n) is 1.33. The summed E-state index contributed by atoms with van der Waals surface area (Å²) >= 11 is 0. The van der Waals surface area contributed by atoms with E-state index in [-0.39, 0.29) is 18.2 Å². The lowest BCUT2D eigenvalue weighted by atomic mass is 10.3. The third-order valence-electron chi connectivity index (χ3n) is 2.21. The molecule has 1 amide bonds. The van der Waals surface area contributed by atoms with Crippen LogP contribution in [-0.2, 0) is 6.61 Å². The van der Waals surface area contributed by atoms with Crippen LogP contribution < -0.4 is 16.0 Å². The Morgan fingerprint density at radius 2 is 2.00 bits per heavy atom. The summed E-state index contributed by atoms with van der Waals surface area (Å²) in [6.07, 6.45) is 0. The molecule has 0 aliphatic carbocycles. The Kier molecular flexibility index (Phi) is 3.59. The summed E-state index contributed by atoms with van der Waals surface area (Å²) in [7, 11) is 0. The van der Waals surface area contributed by atoms with Crippen molar-refractivity contribution in [1.29, 1.82) is 0 Å². The molecule has 6 heteroatoms. The molecule has 0 unspecified atom stereocenters. The molecule has 94 valence electrons. The predicted octanol–water partition coefficient (Wildman–Crippen LogP) is 1.60. The number of benzene rings is 1. The Hall–Kier alpha value is -2.34. The molecule has 1 aromatic heterocycles. The van der Waals surface area contributed by atoms with E-state index in [9.17, 15) is 9.18 Å². The van der Waals surface area contributed by atoms with Crippen LogP contribution in [0.15, 0.2) is 40.8 Å². The molecule has 0 saturated heterocycles. The smallest absolute Gasteiger partial charge is 0.300 e. The summed E-state index contributed by atoms with van der Waals surface area (Å²) in [5.41, 5.74) is 1.96. The first kappa shape index (κ1) is 12.1. The van der Waals surface area contributed by atoms with Gasteiger partial charge in [-0.15, -0.1) is 0 Å². The van der Waals surface area contributed by atoms with Crippen LogP contribution in [0.4, 0.5) is 4.39 Å². The molecule has 0 saturated carbocycles. The van der Waals surface area contributed by atoms with Crippen LogP contribution >= 0.6 is 0 Å². The van der Waals surface area contributed by atoms with Gasteiger partial charge in [-0.1, -0.05) is 0 Å². The molecule has 0 fully saturated rings. The second-order valence-electron chi connectivity index (χ2n) is 3.48. The molecular weight excluding hydrogens is 239 g/mol. The van der Waals surface area contributed by atoms with Crippen LogP contribution in [-0.4, -0.2) is 5.91 Å². The number of hydrazine groups is 1. The van der Waals surface area contributed by atoms with Gasteiger partial charge in [0.05, 0.1) is 0 Å². The number of amides is 1. The van der Waals surface area contributed by atoms with Crippen molar-refractivity contribution in [3.8, 4) is 5.75 Å². The summed E-state index contributed by atoms with van der Waals surface area (Å²) in [6.45, 7) is 0.142. The van der Waals surface area contributed by atoms with Crippen molar-refractivity contribution < 1.29 is 18.3 Å². The Morgan fingerprint density at radius 1 is 1.28 bits per heavy atom. The highest BCUT2D eigenvalue weighted by Crippen LogP contribution is 2.15. The van der Waals surface area contributed by atoms with E-state index in [1.165, 1.54) is 30.3 Å². The third kappa shape index (κ3) is 2.86. The van der Waals surface area contributed by atoms with Crippen molar-refractivity contribution in [3.05, 3.63) is 53.7 Å². The highest BCUT2D eigenvalue weighted by atomic mass is 19.1. The summed E-state index contributed by atoms with van der Waals surface area (Å²) < 4.78 is 23.2. The van der Waals surface area contributed by atoms with Crippen molar-refractivity contribution in [2.75, 3.05) is 0 Å². The number of carbonyl (C=O) groups is 1. The molecule has 2 aromatic rings. The first-order chi connectivity index (χ1) is 8.69. The molecule has 0 aliphatic rings. The van der Waals surface area contributed by atoms with Gasteiger partial charge in [0.25, 0.3) is 0 Å². The van der Waals surface area contributed by atoms with Crippen LogP contribution in [0.25, 0.3) is 0 Å². The number of hydrogen-bond acceptors (Lipinski definition) is 4. The Labute approximate surface area is 102 Å². The molecule has 5 nitrogen and oxygen atoms in total. The average Bonchev–Trinajstić information content (AvgIpc) is 2.86. The minimum Gasteiger partial charge on any atom is -0.486 e. The van der Waals surface area contributed by atoms with Crippen molar-refractivity contribution in [2.24, 2.45) is 5.84 Å². The van der Waals surface area contributed by atoms with Crippen molar-refractivity contribution in [3.63, 3.8) is 0 Å². The van der Waals surface area contributed by atoms with Gasteiger partial charge >= 0.3 is 5.91 Å². The van der Waals surface area contributed by atoms with Crippen LogP contribution in [0.3, 0.4) is 0 Å². The topological polar surface area (TPSA) is 77.5 Å². The quantitative estimate of drug-likeness (QED) is 0.491. The molecule has 1 heterocycles. The zero-order chi connectivity index (χ0) is 13.0. The number of ether oxygens (including phenoxy) is 1. The lowest BCUT2D eigenvalue weighted by Gasteiger charge is -2.03. The molecular formula is C12H11FN2O3. The summed E-state index contributed by atoms with van der Waals surface area (Å²) in [6, 6.07) is 8.70. The maximum Gasteiger partial charge on any atom is 0.300 e. The van der Waals surface area contributed by atoms with Gasteiger partial charge in [0, 0.05) is 0 Å². The summed E-state index contributed by atoms with van der Waals surface area (Å²) in [4.78, 5) is 11.1. The van der Waals surface area contributed by atoms with Crippen LogP contribution in [0.5, 0.6) is 5.75 Å². The first-order valence-electron chi connectivity index (χ1n) is 5.17. The average molecular weight is 250 g/mol. The number of nitrogen functional groups attached to an aromatic ring is 1. The molecule has 18 heavy (non-hydrogen) atoms. The van der Waals surface area contributed by atoms with E-state index in [2.05, 4.69) is 0 Å². The molecule has 0 atom stereocenters. The maximum absolute atomic E-state index is 12.7. The van der Waals surface area contributed by atoms with Gasteiger partial charge < -0.3 is 9.15 Å². The molecule has 0 radical (unpaired) electrons. The standard InChI is InChI=1S/C12H11FN2O3/c13-8-1-3-9(4-2-8)17-7-10-5-6-11(18-10)12(16)15-14/h1-6H,7,14H2,(H,15,16). The Balaban J connectivity index is 1.96. The first-order valence-corrected chi connectivity index (χ1v) is 5.17. The summed E-state index contributed by atoms with van der Waals surface area (Å²) in [5.74, 6) is 5.21. The fourth-order valence-corrected chi connectivity index (χ4v) is 1.33. The third-order valence-corrected chi connectivity index (χ3v) is 2.21. The molecule has 3 N–H and O–H groups in total. The number of rotatable bonds is 4. The molecule has 2 rings (SSSR count). The minimum absolute atomic E-state index is 0.107.